The van der Waals surface area contributed by atoms with Crippen molar-refractivity contribution >= 4 is 23.4 Å². The molecule has 3 rings (SSSR count). The third kappa shape index (κ3) is 3.52. The molecule has 1 unspecified atom stereocenters. The molecule has 0 fully saturated rings. The van der Waals surface area contributed by atoms with E-state index >= 15 is 0 Å². The van der Waals surface area contributed by atoms with Crippen LogP contribution in [0.1, 0.15) is 54.8 Å². The van der Waals surface area contributed by atoms with Crippen molar-refractivity contribution < 1.29 is 14.7 Å². The number of carbonyl (C=O) groups excluding carboxylic acids is 1. The summed E-state index contributed by atoms with van der Waals surface area (Å²) < 4.78 is 0. The van der Waals surface area contributed by atoms with Crippen molar-refractivity contribution in [1.29, 1.82) is 0 Å². The van der Waals surface area contributed by atoms with Gasteiger partial charge in [0.25, 0.3) is 0 Å². The van der Waals surface area contributed by atoms with Crippen LogP contribution < -0.4 is 10.2 Å². The molecule has 0 aliphatic carbocycles. The van der Waals surface area contributed by atoms with Crippen molar-refractivity contribution in [3.05, 3.63) is 53.2 Å². The lowest BCUT2D eigenvalue weighted by Crippen LogP contribution is -2.49. The molecule has 142 valence electrons. The van der Waals surface area contributed by atoms with Gasteiger partial charge in [-0.15, -0.1) is 0 Å². The van der Waals surface area contributed by atoms with Gasteiger partial charge in [0.05, 0.1) is 11.6 Å². The van der Waals surface area contributed by atoms with E-state index in [1.54, 1.807) is 30.0 Å². The van der Waals surface area contributed by atoms with E-state index in [-0.39, 0.29) is 29.5 Å². The van der Waals surface area contributed by atoms with Crippen LogP contribution in [0.3, 0.4) is 0 Å². The van der Waals surface area contributed by atoms with E-state index in [0.717, 1.165) is 29.2 Å². The molecule has 1 amide bonds. The number of hydrogen-bond acceptors (Lipinski definition) is 4. The largest absolute Gasteiger partial charge is 0.478 e. The second-order valence-corrected chi connectivity index (χ2v) is 7.09. The number of benzene rings is 1. The second kappa shape index (κ2) is 7.39. The smallest absolute Gasteiger partial charge is 0.335 e. The number of carboxylic acid groups (broad SMARTS) is 1. The van der Waals surface area contributed by atoms with Gasteiger partial charge < -0.3 is 15.3 Å². The van der Waals surface area contributed by atoms with Gasteiger partial charge in [0, 0.05) is 30.3 Å². The number of nitrogens with one attached hydrogen (secondary N) is 1. The Balaban J connectivity index is 2.14. The van der Waals surface area contributed by atoms with E-state index in [2.05, 4.69) is 24.1 Å². The van der Waals surface area contributed by atoms with Gasteiger partial charge in [0.2, 0.25) is 5.91 Å². The second-order valence-electron chi connectivity index (χ2n) is 7.09. The molecule has 6 heteroatoms. The maximum Gasteiger partial charge on any atom is 0.335 e. The summed E-state index contributed by atoms with van der Waals surface area (Å²) in [7, 11) is 0. The molecule has 0 bridgehead atoms. The van der Waals surface area contributed by atoms with Gasteiger partial charge in [-0.05, 0) is 49.2 Å². The Morgan fingerprint density at radius 2 is 2.00 bits per heavy atom. The predicted molar refractivity (Wildman–Crippen MR) is 105 cm³/mol. The highest BCUT2D eigenvalue weighted by molar-refractivity contribution is 5.95. The van der Waals surface area contributed by atoms with Gasteiger partial charge >= 0.3 is 5.97 Å². The molecule has 2 N–H and O–H groups in total. The standard InChI is InChI=1S/C21H25N3O3/c1-5-17-13(3)20(23-19-8-6-7-12(2)22-19)16-11-15(21(26)27)9-10-18(16)24(17)14(4)25/h6-11,13,17,20H,5H2,1-4H3,(H,22,23)(H,26,27)/t13-,17-,20?/m0/s1. The van der Waals surface area contributed by atoms with E-state index in [0.29, 0.717) is 0 Å². The van der Waals surface area contributed by atoms with Crippen molar-refractivity contribution in [1.82, 2.24) is 4.98 Å². The third-order valence-electron chi connectivity index (χ3n) is 5.28. The highest BCUT2D eigenvalue weighted by atomic mass is 16.4. The zero-order valence-corrected chi connectivity index (χ0v) is 16.1. The number of aryl methyl sites for hydroxylation is 1. The van der Waals surface area contributed by atoms with Gasteiger partial charge in [0.15, 0.2) is 0 Å². The molecule has 0 spiro atoms. The number of amides is 1. The van der Waals surface area contributed by atoms with Gasteiger partial charge in [-0.2, -0.15) is 0 Å². The van der Waals surface area contributed by atoms with Crippen LogP contribution >= 0.6 is 0 Å². The first-order valence-corrected chi connectivity index (χ1v) is 9.20. The molecule has 3 atom stereocenters. The van der Waals surface area contributed by atoms with Crippen LogP contribution in [0.15, 0.2) is 36.4 Å². The summed E-state index contributed by atoms with van der Waals surface area (Å²) in [5.74, 6) is -0.197. The third-order valence-corrected chi connectivity index (χ3v) is 5.28. The molecular formula is C21H25N3O3. The van der Waals surface area contributed by atoms with Crippen LogP contribution in [0, 0.1) is 12.8 Å². The average molecular weight is 367 g/mol. The number of rotatable bonds is 4. The molecule has 1 aliphatic rings. The Morgan fingerprint density at radius 3 is 2.59 bits per heavy atom. The molecule has 2 heterocycles. The molecular weight excluding hydrogens is 342 g/mol. The summed E-state index contributed by atoms with van der Waals surface area (Å²) in [5, 5.41) is 12.9. The summed E-state index contributed by atoms with van der Waals surface area (Å²) in [5.41, 5.74) is 2.69. The molecule has 1 aliphatic heterocycles. The summed E-state index contributed by atoms with van der Waals surface area (Å²) in [6.45, 7) is 7.64. The maximum absolute atomic E-state index is 12.4. The maximum atomic E-state index is 12.4. The van der Waals surface area contributed by atoms with Crippen molar-refractivity contribution in [3.63, 3.8) is 0 Å². The molecule has 2 aromatic rings. The van der Waals surface area contributed by atoms with Crippen LogP contribution in [-0.2, 0) is 4.79 Å². The first-order chi connectivity index (χ1) is 12.8. The molecule has 6 nitrogen and oxygen atoms in total. The Labute approximate surface area is 159 Å². The highest BCUT2D eigenvalue weighted by Gasteiger charge is 2.40. The van der Waals surface area contributed by atoms with Crippen molar-refractivity contribution in [2.45, 2.75) is 46.2 Å². The fourth-order valence-corrected chi connectivity index (χ4v) is 4.02. The highest BCUT2D eigenvalue weighted by Crippen LogP contribution is 2.43. The first kappa shape index (κ1) is 18.9. The van der Waals surface area contributed by atoms with E-state index < -0.39 is 5.97 Å². The lowest BCUT2D eigenvalue weighted by molar-refractivity contribution is -0.117. The fourth-order valence-electron chi connectivity index (χ4n) is 4.02. The van der Waals surface area contributed by atoms with Gasteiger partial charge in [0.1, 0.15) is 5.82 Å². The number of hydrogen-bond donors (Lipinski definition) is 2. The number of nitrogens with zero attached hydrogens (tertiary/aromatic N) is 2. The van der Waals surface area contributed by atoms with E-state index in [4.69, 9.17) is 0 Å². The summed E-state index contributed by atoms with van der Waals surface area (Å²) in [6.07, 6.45) is 0.806. The zero-order chi connectivity index (χ0) is 19.7. The first-order valence-electron chi connectivity index (χ1n) is 9.20. The number of pyridine rings is 1. The number of anilines is 2. The van der Waals surface area contributed by atoms with Crippen LogP contribution in [0.2, 0.25) is 0 Å². The van der Waals surface area contributed by atoms with Crippen molar-refractivity contribution in [2.75, 3.05) is 10.2 Å². The minimum Gasteiger partial charge on any atom is -0.478 e. The quantitative estimate of drug-likeness (QED) is 0.853. The molecule has 0 saturated heterocycles. The van der Waals surface area contributed by atoms with Crippen LogP contribution in [-0.4, -0.2) is 28.0 Å². The van der Waals surface area contributed by atoms with E-state index in [1.807, 2.05) is 25.1 Å². The number of aromatic carboxylic acids is 1. The topological polar surface area (TPSA) is 82.5 Å². The van der Waals surface area contributed by atoms with E-state index in [1.165, 1.54) is 0 Å². The number of carbonyl (C=O) groups is 2. The average Bonchev–Trinajstić information content (AvgIpc) is 2.62. The molecule has 0 saturated carbocycles. The van der Waals surface area contributed by atoms with Gasteiger partial charge in [-0.3, -0.25) is 4.79 Å². The SMILES string of the molecule is CC[C@H]1[C@H](C)C(Nc2cccc(C)n2)c2cc(C(=O)O)ccc2N1C(C)=O. The minimum absolute atomic E-state index is 0.0213. The lowest BCUT2D eigenvalue weighted by atomic mass is 9.80. The Morgan fingerprint density at radius 1 is 1.26 bits per heavy atom. The normalized spacial score (nSPS) is 21.5. The van der Waals surface area contributed by atoms with Crippen molar-refractivity contribution in [2.24, 2.45) is 5.92 Å². The lowest BCUT2D eigenvalue weighted by Gasteiger charge is -2.45. The molecule has 0 radical (unpaired) electrons. The predicted octanol–water partition coefficient (Wildman–Crippen LogP) is 4.02. The molecule has 27 heavy (non-hydrogen) atoms. The number of carboxylic acids is 1. The van der Waals surface area contributed by atoms with Crippen LogP contribution in [0.5, 0.6) is 0 Å². The van der Waals surface area contributed by atoms with Crippen molar-refractivity contribution in [3.8, 4) is 0 Å². The van der Waals surface area contributed by atoms with Gasteiger partial charge in [-0.1, -0.05) is 19.9 Å². The minimum atomic E-state index is -0.982. The molecule has 1 aromatic carbocycles. The Bertz CT molecular complexity index is 881. The van der Waals surface area contributed by atoms with Crippen LogP contribution in [0.4, 0.5) is 11.5 Å². The summed E-state index contributed by atoms with van der Waals surface area (Å²) >= 11 is 0. The monoisotopic (exact) mass is 367 g/mol. The number of aromatic nitrogens is 1. The van der Waals surface area contributed by atoms with Crippen LogP contribution in [0.25, 0.3) is 0 Å². The summed E-state index contributed by atoms with van der Waals surface area (Å²) in [4.78, 5) is 30.2. The number of fused-ring (bicyclic) bond motifs is 1. The summed E-state index contributed by atoms with van der Waals surface area (Å²) in [6, 6.07) is 10.6. The molecule has 1 aromatic heterocycles. The fraction of sp³-hybridized carbons (Fsp3) is 0.381. The zero-order valence-electron chi connectivity index (χ0n) is 16.1. The van der Waals surface area contributed by atoms with E-state index in [9.17, 15) is 14.7 Å². The Kier molecular flexibility index (Phi) is 5.17. The Hall–Kier alpha value is -2.89. The van der Waals surface area contributed by atoms with Gasteiger partial charge in [-0.25, -0.2) is 9.78 Å².